The van der Waals surface area contributed by atoms with E-state index in [1.165, 1.54) is 0 Å². The normalized spacial score (nSPS) is 22.4. The molecule has 0 saturated carbocycles. The van der Waals surface area contributed by atoms with Gasteiger partial charge in [-0.05, 0) is 38.8 Å². The van der Waals surface area contributed by atoms with Crippen molar-refractivity contribution in [3.8, 4) is 0 Å². The zero-order chi connectivity index (χ0) is 14.8. The fourth-order valence-electron chi connectivity index (χ4n) is 2.43. The number of urea groups is 1. The van der Waals surface area contributed by atoms with Crippen LogP contribution in [0.1, 0.15) is 25.3 Å². The Morgan fingerprint density at radius 2 is 1.95 bits per heavy atom. The molecule has 2 N–H and O–H groups in total. The number of nitrogens with zero attached hydrogens (tertiary/aromatic N) is 1. The molecule has 1 aliphatic rings. The Balaban J connectivity index is 2.02. The maximum atomic E-state index is 12.2. The van der Waals surface area contributed by atoms with Gasteiger partial charge in [-0.1, -0.05) is 17.7 Å². The van der Waals surface area contributed by atoms with Crippen LogP contribution < -0.4 is 5.32 Å². The molecule has 1 atom stereocenters. The molecule has 1 fully saturated rings. The molecule has 1 aromatic rings. The Labute approximate surface area is 118 Å². The maximum absolute atomic E-state index is 12.2. The quantitative estimate of drug-likeness (QED) is 0.872. The second-order valence-corrected chi connectivity index (χ2v) is 5.69. The first-order valence-electron chi connectivity index (χ1n) is 6.77. The zero-order valence-electron chi connectivity index (χ0n) is 11.8. The predicted octanol–water partition coefficient (Wildman–Crippen LogP) is 2.71. The number of carboxylic acid groups (broad SMARTS) is 1. The number of nitrogens with one attached hydrogen (secondary N) is 1. The van der Waals surface area contributed by atoms with Crippen LogP contribution in [0.25, 0.3) is 0 Å². The lowest BCUT2D eigenvalue weighted by Crippen LogP contribution is -2.49. The van der Waals surface area contributed by atoms with Gasteiger partial charge in [-0.15, -0.1) is 0 Å². The smallest absolute Gasteiger partial charge is 0.321 e. The second-order valence-electron chi connectivity index (χ2n) is 5.69. The van der Waals surface area contributed by atoms with Gasteiger partial charge in [-0.25, -0.2) is 4.79 Å². The van der Waals surface area contributed by atoms with Crippen LogP contribution in [0.2, 0.25) is 0 Å². The van der Waals surface area contributed by atoms with Crippen LogP contribution in [-0.2, 0) is 4.79 Å². The lowest BCUT2D eigenvalue weighted by Gasteiger charge is -2.37. The summed E-state index contributed by atoms with van der Waals surface area (Å²) in [6, 6.07) is 7.29. The Morgan fingerprint density at radius 3 is 2.55 bits per heavy atom. The molecule has 0 aromatic heterocycles. The topological polar surface area (TPSA) is 69.6 Å². The van der Waals surface area contributed by atoms with Crippen molar-refractivity contribution in [3.63, 3.8) is 0 Å². The number of piperidine rings is 1. The molecule has 20 heavy (non-hydrogen) atoms. The standard InChI is InChI=1S/C15H20N2O3/c1-11-4-6-12(7-5-11)16-14(20)17-9-3-8-15(2,10-17)13(18)19/h4-7H,3,8-10H2,1-2H3,(H,16,20)(H,18,19). The lowest BCUT2D eigenvalue weighted by molar-refractivity contribution is -0.150. The summed E-state index contributed by atoms with van der Waals surface area (Å²) in [6.45, 7) is 4.52. The van der Waals surface area contributed by atoms with Crippen LogP contribution in [0.5, 0.6) is 0 Å². The number of carbonyl (C=O) groups excluding carboxylic acids is 1. The lowest BCUT2D eigenvalue weighted by atomic mass is 9.82. The molecular formula is C15H20N2O3. The number of hydrogen-bond donors (Lipinski definition) is 2. The summed E-state index contributed by atoms with van der Waals surface area (Å²) < 4.78 is 0. The Bertz CT molecular complexity index is 512. The van der Waals surface area contributed by atoms with Gasteiger partial charge in [0.2, 0.25) is 0 Å². The first kappa shape index (κ1) is 14.4. The molecule has 1 aliphatic heterocycles. The molecule has 0 bridgehead atoms. The molecule has 2 rings (SSSR count). The van der Waals surface area contributed by atoms with E-state index in [-0.39, 0.29) is 12.6 Å². The number of anilines is 1. The largest absolute Gasteiger partial charge is 0.481 e. The van der Waals surface area contributed by atoms with E-state index in [2.05, 4.69) is 5.32 Å². The fourth-order valence-corrected chi connectivity index (χ4v) is 2.43. The SMILES string of the molecule is Cc1ccc(NC(=O)N2CCCC(C)(C(=O)O)C2)cc1. The van der Waals surface area contributed by atoms with Crippen LogP contribution in [0, 0.1) is 12.3 Å². The van der Waals surface area contributed by atoms with Crippen molar-refractivity contribution in [2.45, 2.75) is 26.7 Å². The number of hydrogen-bond acceptors (Lipinski definition) is 2. The number of rotatable bonds is 2. The van der Waals surface area contributed by atoms with E-state index in [1.807, 2.05) is 31.2 Å². The van der Waals surface area contributed by atoms with Crippen LogP contribution in [-0.4, -0.2) is 35.1 Å². The monoisotopic (exact) mass is 276 g/mol. The minimum absolute atomic E-state index is 0.235. The Kier molecular flexibility index (Phi) is 3.97. The average molecular weight is 276 g/mol. The van der Waals surface area contributed by atoms with Crippen molar-refractivity contribution >= 4 is 17.7 Å². The molecule has 108 valence electrons. The van der Waals surface area contributed by atoms with Gasteiger partial charge in [0.05, 0.1) is 5.41 Å². The van der Waals surface area contributed by atoms with E-state index >= 15 is 0 Å². The van der Waals surface area contributed by atoms with Crippen molar-refractivity contribution in [2.75, 3.05) is 18.4 Å². The third kappa shape index (κ3) is 3.10. The third-order valence-electron chi connectivity index (χ3n) is 3.80. The van der Waals surface area contributed by atoms with E-state index in [0.717, 1.165) is 11.3 Å². The van der Waals surface area contributed by atoms with Gasteiger partial charge in [-0.3, -0.25) is 4.79 Å². The maximum Gasteiger partial charge on any atom is 0.321 e. The summed E-state index contributed by atoms with van der Waals surface area (Å²) in [6.07, 6.45) is 1.32. The van der Waals surface area contributed by atoms with E-state index in [4.69, 9.17) is 0 Å². The van der Waals surface area contributed by atoms with Gasteiger partial charge in [0.1, 0.15) is 0 Å². The summed E-state index contributed by atoms with van der Waals surface area (Å²) in [5, 5.41) is 12.1. The minimum atomic E-state index is -0.844. The molecule has 1 heterocycles. The summed E-state index contributed by atoms with van der Waals surface area (Å²) in [5.41, 5.74) is 1.01. The Morgan fingerprint density at radius 1 is 1.30 bits per heavy atom. The molecule has 2 amide bonds. The van der Waals surface area contributed by atoms with Gasteiger partial charge in [0.15, 0.2) is 0 Å². The summed E-state index contributed by atoms with van der Waals surface area (Å²) in [7, 11) is 0. The number of aryl methyl sites for hydroxylation is 1. The number of benzene rings is 1. The first-order valence-corrected chi connectivity index (χ1v) is 6.77. The van der Waals surface area contributed by atoms with Gasteiger partial charge in [-0.2, -0.15) is 0 Å². The summed E-state index contributed by atoms with van der Waals surface area (Å²) in [4.78, 5) is 25.0. The second kappa shape index (κ2) is 5.53. The summed E-state index contributed by atoms with van der Waals surface area (Å²) >= 11 is 0. The molecule has 1 unspecified atom stereocenters. The number of aliphatic carboxylic acids is 1. The number of carboxylic acids is 1. The molecule has 0 radical (unpaired) electrons. The molecule has 0 spiro atoms. The summed E-state index contributed by atoms with van der Waals surface area (Å²) in [5.74, 6) is -0.842. The highest BCUT2D eigenvalue weighted by Crippen LogP contribution is 2.30. The molecule has 0 aliphatic carbocycles. The highest BCUT2D eigenvalue weighted by Gasteiger charge is 2.39. The number of amides is 2. The molecule has 5 nitrogen and oxygen atoms in total. The Hall–Kier alpha value is -2.04. The van der Waals surface area contributed by atoms with Crippen molar-refractivity contribution in [3.05, 3.63) is 29.8 Å². The molecule has 1 aromatic carbocycles. The van der Waals surface area contributed by atoms with Crippen molar-refractivity contribution in [2.24, 2.45) is 5.41 Å². The van der Waals surface area contributed by atoms with E-state index in [9.17, 15) is 14.7 Å². The predicted molar refractivity (Wildman–Crippen MR) is 76.7 cm³/mol. The van der Waals surface area contributed by atoms with Gasteiger partial charge >= 0.3 is 12.0 Å². The van der Waals surface area contributed by atoms with E-state index in [1.54, 1.807) is 11.8 Å². The molecule has 5 heteroatoms. The average Bonchev–Trinajstić information content (AvgIpc) is 2.41. The van der Waals surface area contributed by atoms with Crippen molar-refractivity contribution in [1.29, 1.82) is 0 Å². The van der Waals surface area contributed by atoms with Crippen LogP contribution in [0.15, 0.2) is 24.3 Å². The van der Waals surface area contributed by atoms with Gasteiger partial charge in [0, 0.05) is 18.8 Å². The first-order chi connectivity index (χ1) is 9.40. The van der Waals surface area contributed by atoms with E-state index < -0.39 is 11.4 Å². The highest BCUT2D eigenvalue weighted by molar-refractivity contribution is 5.90. The van der Waals surface area contributed by atoms with Crippen LogP contribution >= 0.6 is 0 Å². The molecular weight excluding hydrogens is 256 g/mol. The van der Waals surface area contributed by atoms with Crippen LogP contribution in [0.4, 0.5) is 10.5 Å². The molecule has 1 saturated heterocycles. The minimum Gasteiger partial charge on any atom is -0.481 e. The fraction of sp³-hybridized carbons (Fsp3) is 0.467. The number of likely N-dealkylation sites (tertiary alicyclic amines) is 1. The zero-order valence-corrected chi connectivity index (χ0v) is 11.8. The number of carbonyl (C=O) groups is 2. The van der Waals surface area contributed by atoms with Gasteiger partial charge < -0.3 is 15.3 Å². The van der Waals surface area contributed by atoms with Gasteiger partial charge in [0.25, 0.3) is 0 Å². The third-order valence-corrected chi connectivity index (χ3v) is 3.80. The van der Waals surface area contributed by atoms with E-state index in [0.29, 0.717) is 19.4 Å². The highest BCUT2D eigenvalue weighted by atomic mass is 16.4. The van der Waals surface area contributed by atoms with Crippen molar-refractivity contribution in [1.82, 2.24) is 4.90 Å². The van der Waals surface area contributed by atoms with Crippen molar-refractivity contribution < 1.29 is 14.7 Å². The van der Waals surface area contributed by atoms with Crippen LogP contribution in [0.3, 0.4) is 0 Å².